The number of unbranched alkanes of at least 4 members (excludes halogenated alkanes) is 1. The second-order valence-corrected chi connectivity index (χ2v) is 8.68. The molecule has 0 aromatic carbocycles. The number of amides is 1. The molecule has 6 nitrogen and oxygen atoms in total. The van der Waals surface area contributed by atoms with E-state index < -0.39 is 10.0 Å². The molecule has 0 spiro atoms. The number of carbonyl (C=O) groups excluding carboxylic acids is 1. The number of hydrogen-bond donors (Lipinski definition) is 1. The summed E-state index contributed by atoms with van der Waals surface area (Å²) < 4.78 is 27.2. The van der Waals surface area contributed by atoms with Gasteiger partial charge in [-0.1, -0.05) is 19.4 Å². The molecule has 1 saturated heterocycles. The molecule has 0 unspecified atom stereocenters. The van der Waals surface area contributed by atoms with Crippen LogP contribution in [-0.2, 0) is 14.8 Å². The van der Waals surface area contributed by atoms with E-state index in [4.69, 9.17) is 0 Å². The summed E-state index contributed by atoms with van der Waals surface area (Å²) >= 11 is 1.22. The number of nitrogens with zero attached hydrogens (tertiary/aromatic N) is 2. The minimum Gasteiger partial charge on any atom is -0.340 e. The normalized spacial score (nSPS) is 16.0. The molecule has 1 amide bonds. The number of hydrogen-bond acceptors (Lipinski definition) is 5. The number of nitrogens with one attached hydrogen (secondary N) is 1. The first-order valence-corrected chi connectivity index (χ1v) is 10.4. The molecule has 8 heteroatoms. The molecule has 0 saturated carbocycles. The zero-order chi connectivity index (χ0) is 16.7. The van der Waals surface area contributed by atoms with Crippen molar-refractivity contribution in [3.8, 4) is 0 Å². The summed E-state index contributed by atoms with van der Waals surface area (Å²) in [6.07, 6.45) is 1.96. The van der Waals surface area contributed by atoms with Gasteiger partial charge in [-0.25, -0.2) is 8.42 Å². The maximum absolute atomic E-state index is 12.7. The Kier molecular flexibility index (Phi) is 7.01. The summed E-state index contributed by atoms with van der Waals surface area (Å²) in [5.41, 5.74) is 0. The molecule has 0 atom stereocenters. The minimum atomic E-state index is -3.49. The molecule has 1 fully saturated rings. The molecule has 130 valence electrons. The Morgan fingerprint density at radius 3 is 2.70 bits per heavy atom. The van der Waals surface area contributed by atoms with E-state index in [1.54, 1.807) is 17.5 Å². The molecule has 23 heavy (non-hydrogen) atoms. The smallest absolute Gasteiger partial charge is 0.252 e. The molecule has 1 aliphatic rings. The molecular formula is C15H25N3O3S2. The van der Waals surface area contributed by atoms with Crippen molar-refractivity contribution < 1.29 is 13.2 Å². The van der Waals surface area contributed by atoms with Gasteiger partial charge >= 0.3 is 0 Å². The van der Waals surface area contributed by atoms with E-state index in [2.05, 4.69) is 5.32 Å². The van der Waals surface area contributed by atoms with Gasteiger partial charge in [0, 0.05) is 45.7 Å². The summed E-state index contributed by atoms with van der Waals surface area (Å²) in [6.45, 7) is 5.75. The highest BCUT2D eigenvalue weighted by Gasteiger charge is 2.26. The van der Waals surface area contributed by atoms with Gasteiger partial charge in [0.25, 0.3) is 10.0 Å². The van der Waals surface area contributed by atoms with Crippen molar-refractivity contribution in [2.24, 2.45) is 0 Å². The van der Waals surface area contributed by atoms with Crippen LogP contribution >= 0.6 is 11.3 Å². The van der Waals surface area contributed by atoms with Crippen LogP contribution in [0, 0.1) is 0 Å². The van der Waals surface area contributed by atoms with Crippen molar-refractivity contribution in [1.82, 2.24) is 14.5 Å². The van der Waals surface area contributed by atoms with Crippen molar-refractivity contribution in [3.63, 3.8) is 0 Å². The summed E-state index contributed by atoms with van der Waals surface area (Å²) in [4.78, 5) is 14.1. The van der Waals surface area contributed by atoms with Crippen LogP contribution in [0.3, 0.4) is 0 Å². The summed E-state index contributed by atoms with van der Waals surface area (Å²) in [7, 11) is -3.49. The minimum absolute atomic E-state index is 0.0365. The van der Waals surface area contributed by atoms with E-state index in [0.717, 1.165) is 25.9 Å². The van der Waals surface area contributed by atoms with E-state index >= 15 is 0 Å². The molecule has 1 N–H and O–H groups in total. The van der Waals surface area contributed by atoms with E-state index in [1.807, 2.05) is 11.8 Å². The Labute approximate surface area is 142 Å². The highest BCUT2D eigenvalue weighted by molar-refractivity contribution is 7.91. The van der Waals surface area contributed by atoms with Gasteiger partial charge in [-0.2, -0.15) is 4.31 Å². The quantitative estimate of drug-likeness (QED) is 0.761. The van der Waals surface area contributed by atoms with Crippen molar-refractivity contribution in [2.45, 2.75) is 30.4 Å². The first-order chi connectivity index (χ1) is 11.1. The van der Waals surface area contributed by atoms with E-state index in [-0.39, 0.29) is 18.9 Å². The Hall–Kier alpha value is -0.960. The van der Waals surface area contributed by atoms with Gasteiger partial charge in [0.2, 0.25) is 5.91 Å². The molecule has 0 bridgehead atoms. The molecule has 0 radical (unpaired) electrons. The first-order valence-electron chi connectivity index (χ1n) is 8.08. The molecule has 1 aromatic heterocycles. The summed E-state index contributed by atoms with van der Waals surface area (Å²) in [5.74, 6) is 0.0365. The van der Waals surface area contributed by atoms with Crippen LogP contribution in [0.25, 0.3) is 0 Å². The molecule has 2 rings (SSSR count). The SMILES string of the molecule is CCCCN(CCC(=O)N1CCNCC1)S(=O)(=O)c1cccs1. The van der Waals surface area contributed by atoms with E-state index in [1.165, 1.54) is 15.6 Å². The van der Waals surface area contributed by atoms with Crippen LogP contribution < -0.4 is 5.32 Å². The molecular weight excluding hydrogens is 334 g/mol. The van der Waals surface area contributed by atoms with Crippen LogP contribution in [0.1, 0.15) is 26.2 Å². The monoisotopic (exact) mass is 359 g/mol. The Morgan fingerprint density at radius 2 is 2.09 bits per heavy atom. The number of sulfonamides is 1. The average molecular weight is 360 g/mol. The molecule has 1 aliphatic heterocycles. The molecule has 0 aliphatic carbocycles. The van der Waals surface area contributed by atoms with Crippen molar-refractivity contribution >= 4 is 27.3 Å². The third-order valence-corrected chi connectivity index (χ3v) is 7.17. The highest BCUT2D eigenvalue weighted by atomic mass is 32.2. The standard InChI is InChI=1S/C15H25N3O3S2/c1-2-3-9-18(23(20,21)15-5-4-13-22-15)10-6-14(19)17-11-7-16-8-12-17/h4-5,13,16H,2-3,6-12H2,1H3. The third-order valence-electron chi connectivity index (χ3n) is 3.90. The predicted molar refractivity (Wildman–Crippen MR) is 92.1 cm³/mol. The van der Waals surface area contributed by atoms with Crippen LogP contribution in [0.4, 0.5) is 0 Å². The van der Waals surface area contributed by atoms with E-state index in [0.29, 0.717) is 23.8 Å². The van der Waals surface area contributed by atoms with Crippen molar-refractivity contribution in [1.29, 1.82) is 0 Å². The van der Waals surface area contributed by atoms with Crippen molar-refractivity contribution in [3.05, 3.63) is 17.5 Å². The highest BCUT2D eigenvalue weighted by Crippen LogP contribution is 2.21. The fraction of sp³-hybridized carbons (Fsp3) is 0.667. The second kappa shape index (κ2) is 8.77. The van der Waals surface area contributed by atoms with Crippen LogP contribution in [0.2, 0.25) is 0 Å². The lowest BCUT2D eigenvalue weighted by Crippen LogP contribution is -2.47. The lowest BCUT2D eigenvalue weighted by atomic mass is 10.3. The van der Waals surface area contributed by atoms with Gasteiger partial charge in [-0.15, -0.1) is 11.3 Å². The van der Waals surface area contributed by atoms with Crippen molar-refractivity contribution in [2.75, 3.05) is 39.3 Å². The third kappa shape index (κ3) is 5.00. The predicted octanol–water partition coefficient (Wildman–Crippen LogP) is 1.36. The number of piperazine rings is 1. The van der Waals surface area contributed by atoms with Gasteiger partial charge in [-0.05, 0) is 17.9 Å². The lowest BCUT2D eigenvalue weighted by Gasteiger charge is -2.28. The first kappa shape index (κ1) is 18.4. The van der Waals surface area contributed by atoms with Crippen LogP contribution in [0.5, 0.6) is 0 Å². The fourth-order valence-corrected chi connectivity index (χ4v) is 5.14. The van der Waals surface area contributed by atoms with Gasteiger partial charge in [0.1, 0.15) is 4.21 Å². The van der Waals surface area contributed by atoms with Crippen LogP contribution in [0.15, 0.2) is 21.7 Å². The van der Waals surface area contributed by atoms with E-state index in [9.17, 15) is 13.2 Å². The lowest BCUT2D eigenvalue weighted by molar-refractivity contribution is -0.131. The van der Waals surface area contributed by atoms with Gasteiger partial charge in [-0.3, -0.25) is 4.79 Å². The number of thiophene rings is 1. The second-order valence-electron chi connectivity index (χ2n) is 5.57. The maximum atomic E-state index is 12.7. The Balaban J connectivity index is 1.99. The summed E-state index contributed by atoms with van der Waals surface area (Å²) in [5, 5.41) is 4.97. The molecule has 1 aromatic rings. The zero-order valence-corrected chi connectivity index (χ0v) is 15.2. The average Bonchev–Trinajstić information content (AvgIpc) is 3.10. The maximum Gasteiger partial charge on any atom is 0.252 e. The zero-order valence-electron chi connectivity index (χ0n) is 13.5. The Bertz CT molecular complexity index is 581. The Morgan fingerprint density at radius 1 is 1.35 bits per heavy atom. The fourth-order valence-electron chi connectivity index (χ4n) is 2.52. The van der Waals surface area contributed by atoms with Crippen LogP contribution in [-0.4, -0.2) is 62.8 Å². The number of carbonyl (C=O) groups is 1. The van der Waals surface area contributed by atoms with Gasteiger partial charge in [0.15, 0.2) is 0 Å². The topological polar surface area (TPSA) is 69.7 Å². The summed E-state index contributed by atoms with van der Waals surface area (Å²) in [6, 6.07) is 3.36. The van der Waals surface area contributed by atoms with Gasteiger partial charge < -0.3 is 10.2 Å². The molecule has 2 heterocycles. The van der Waals surface area contributed by atoms with Gasteiger partial charge in [0.05, 0.1) is 0 Å². The number of rotatable bonds is 8. The largest absolute Gasteiger partial charge is 0.340 e.